The first-order valence-electron chi connectivity index (χ1n) is 20.0. The van der Waals surface area contributed by atoms with Gasteiger partial charge in [0, 0.05) is 13.5 Å². The summed E-state index contributed by atoms with van der Waals surface area (Å²) in [6.07, 6.45) is -37.1. The van der Waals surface area contributed by atoms with Crippen LogP contribution in [0, 0.1) is 0 Å². The summed E-state index contributed by atoms with van der Waals surface area (Å²) in [6.45, 7) is 0.0624. The van der Waals surface area contributed by atoms with E-state index in [1.807, 2.05) is 0 Å². The van der Waals surface area contributed by atoms with Gasteiger partial charge in [-0.15, -0.1) is 0 Å². The van der Waals surface area contributed by atoms with E-state index in [9.17, 15) is 76.3 Å². The van der Waals surface area contributed by atoms with Crippen molar-refractivity contribution in [1.29, 1.82) is 0 Å². The molecule has 27 nitrogen and oxygen atoms in total. The van der Waals surface area contributed by atoms with Gasteiger partial charge in [-0.3, -0.25) is 4.79 Å². The molecule has 0 spiro atoms. The lowest BCUT2D eigenvalue weighted by Gasteiger charge is -2.50. The van der Waals surface area contributed by atoms with Crippen LogP contribution < -0.4 is 16.8 Å². The minimum absolute atomic E-state index is 0.0401. The van der Waals surface area contributed by atoms with Crippen molar-refractivity contribution < 1.29 is 119 Å². The molecule has 0 radical (unpaired) electrons. The summed E-state index contributed by atoms with van der Waals surface area (Å²) in [5, 5.41) is 151. The van der Waals surface area contributed by atoms with Crippen molar-refractivity contribution in [3.63, 3.8) is 0 Å². The number of nitrogens with two attached hydrogens (primary N) is 2. The smallest absolute Gasteiger partial charge is 0.216 e. The fraction of sp³-hybridized carbons (Fsp3) is 0.971. The molecule has 4 heterocycles. The number of hydrogen-bond donors (Lipinski definition) is 17. The largest absolute Gasteiger partial charge is 0.394 e. The third kappa shape index (κ3) is 12.3. The Morgan fingerprint density at radius 3 is 1.71 bits per heavy atom. The van der Waals surface area contributed by atoms with E-state index >= 15 is 0 Å². The summed E-state index contributed by atoms with van der Waals surface area (Å²) < 4.78 is 51.4. The molecule has 0 aliphatic carbocycles. The van der Waals surface area contributed by atoms with Gasteiger partial charge < -0.3 is 131 Å². The molecule has 0 aromatic rings. The molecule has 4 aliphatic heterocycles. The molecule has 0 saturated carbocycles. The molecular formula is C35H65N3O24. The molecule has 62 heavy (non-hydrogen) atoms. The van der Waals surface area contributed by atoms with Gasteiger partial charge in [-0.1, -0.05) is 0 Å². The third-order valence-corrected chi connectivity index (χ3v) is 11.0. The van der Waals surface area contributed by atoms with Crippen LogP contribution in [0.2, 0.25) is 0 Å². The van der Waals surface area contributed by atoms with Crippen LogP contribution in [-0.4, -0.2) is 264 Å². The van der Waals surface area contributed by atoms with E-state index in [2.05, 4.69) is 5.32 Å². The zero-order valence-electron chi connectivity index (χ0n) is 34.2. The van der Waals surface area contributed by atoms with Gasteiger partial charge in [0.2, 0.25) is 5.91 Å². The van der Waals surface area contributed by atoms with Crippen molar-refractivity contribution in [3.8, 4) is 0 Å². The number of rotatable bonds is 20. The van der Waals surface area contributed by atoms with Crippen LogP contribution in [0.4, 0.5) is 0 Å². The van der Waals surface area contributed by atoms with Crippen LogP contribution >= 0.6 is 0 Å². The zero-order valence-corrected chi connectivity index (χ0v) is 34.2. The second kappa shape index (κ2) is 23.3. The van der Waals surface area contributed by atoms with E-state index in [1.165, 1.54) is 6.92 Å². The third-order valence-electron chi connectivity index (χ3n) is 11.0. The Hall–Kier alpha value is -1.53. The Balaban J connectivity index is 1.54. The maximum Gasteiger partial charge on any atom is 0.216 e. The molecule has 4 fully saturated rings. The van der Waals surface area contributed by atoms with Crippen molar-refractivity contribution in [1.82, 2.24) is 5.32 Å². The summed E-state index contributed by atoms with van der Waals surface area (Å²) in [5.41, 5.74) is 12.6. The van der Waals surface area contributed by atoms with Crippen LogP contribution in [0.5, 0.6) is 0 Å². The van der Waals surface area contributed by atoms with Crippen LogP contribution in [0.25, 0.3) is 0 Å². The van der Waals surface area contributed by atoms with Gasteiger partial charge in [0.1, 0.15) is 97.7 Å². The predicted molar refractivity (Wildman–Crippen MR) is 198 cm³/mol. The molecular weight excluding hydrogens is 846 g/mol. The molecule has 4 saturated heterocycles. The summed E-state index contributed by atoms with van der Waals surface area (Å²) in [5.74, 6) is -3.06. The molecule has 24 atom stereocenters. The number of aliphatic hydroxyl groups is 14. The molecule has 27 heteroatoms. The molecule has 4 aliphatic rings. The quantitative estimate of drug-likeness (QED) is 0.0398. The molecule has 0 aromatic heterocycles. The van der Waals surface area contributed by atoms with E-state index in [-0.39, 0.29) is 19.1 Å². The van der Waals surface area contributed by atoms with Gasteiger partial charge in [0.15, 0.2) is 30.9 Å². The maximum atomic E-state index is 11.5. The minimum atomic E-state index is -2.81. The molecule has 10 unspecified atom stereocenters. The zero-order chi connectivity index (χ0) is 46.4. The Morgan fingerprint density at radius 2 is 1.15 bits per heavy atom. The van der Waals surface area contributed by atoms with E-state index in [1.54, 1.807) is 0 Å². The average Bonchev–Trinajstić information content (AvgIpc) is 3.23. The topological polar surface area (TPSA) is 447 Å². The second-order valence-corrected chi connectivity index (χ2v) is 15.8. The summed E-state index contributed by atoms with van der Waals surface area (Å²) in [4.78, 5) is 11.1. The molecule has 0 aromatic carbocycles. The van der Waals surface area contributed by atoms with Crippen LogP contribution in [0.1, 0.15) is 27.2 Å². The minimum Gasteiger partial charge on any atom is -0.394 e. The van der Waals surface area contributed by atoms with E-state index in [0.29, 0.717) is 6.42 Å². The number of hydrogen-bond acceptors (Lipinski definition) is 26. The number of ether oxygens (including phenoxy) is 9. The summed E-state index contributed by atoms with van der Waals surface area (Å²) in [6, 6.07) is -2.99. The number of carbonyl (C=O) groups is 1. The van der Waals surface area contributed by atoms with Crippen molar-refractivity contribution in [2.24, 2.45) is 11.5 Å². The molecule has 1 amide bonds. The monoisotopic (exact) mass is 911 g/mol. The predicted octanol–water partition coefficient (Wildman–Crippen LogP) is -10.4. The van der Waals surface area contributed by atoms with Crippen molar-refractivity contribution >= 4 is 5.91 Å². The first kappa shape index (κ1) is 53.1. The molecule has 0 bridgehead atoms. The van der Waals surface area contributed by atoms with E-state index < -0.39 is 173 Å². The van der Waals surface area contributed by atoms with Gasteiger partial charge in [-0.2, -0.15) is 0 Å². The van der Waals surface area contributed by atoms with Crippen LogP contribution in [-0.2, 0) is 47.4 Å². The highest BCUT2D eigenvalue weighted by molar-refractivity contribution is 5.72. The van der Waals surface area contributed by atoms with E-state index in [4.69, 9.17) is 54.1 Å². The second-order valence-electron chi connectivity index (χ2n) is 15.8. The standard InChI is InChI=1S/C35H65N3O24/c1-11(43)19(45)30(52)35(3,53)62-29-24(50)20(46)13(7-39)57-34(29)60-27-18(37)32(55-14(8-40)21(27)47)61-28-22(48)15(9-41)56-33(25(28)51)59-26-16(10-42)58-31(17(36)23(26)49)54-6-4-5-38-12(2)44/h11,13-34,39-43,45-53H,4-10,36-37H2,1-3H3,(H,38,44)/t11?,13?,14?,15?,16?,17-,18-,19+,20-,21+,22-,23?,24?,25-,26+,27?,28?,29-,30-,31+,32-,33-,34-,35?/m0/s1. The van der Waals surface area contributed by atoms with Crippen molar-refractivity contribution in [2.45, 2.75) is 174 Å². The van der Waals surface area contributed by atoms with Crippen LogP contribution in [0.15, 0.2) is 0 Å². The van der Waals surface area contributed by atoms with Crippen LogP contribution in [0.3, 0.4) is 0 Å². The molecule has 4 rings (SSSR count). The summed E-state index contributed by atoms with van der Waals surface area (Å²) >= 11 is 0. The van der Waals surface area contributed by atoms with Gasteiger partial charge in [0.05, 0.1) is 51.2 Å². The van der Waals surface area contributed by atoms with Gasteiger partial charge in [-0.05, 0) is 20.3 Å². The lowest BCUT2D eigenvalue weighted by Crippen LogP contribution is -2.70. The fourth-order valence-electron chi connectivity index (χ4n) is 7.33. The first-order chi connectivity index (χ1) is 29.1. The number of amides is 1. The Labute approximate surface area is 355 Å². The lowest BCUT2D eigenvalue weighted by atomic mass is 9.94. The number of carbonyl (C=O) groups excluding carboxylic acids is 1. The first-order valence-corrected chi connectivity index (χ1v) is 20.0. The fourth-order valence-corrected chi connectivity index (χ4v) is 7.33. The van der Waals surface area contributed by atoms with E-state index in [0.717, 1.165) is 13.8 Å². The highest BCUT2D eigenvalue weighted by atomic mass is 16.8. The van der Waals surface area contributed by atoms with Gasteiger partial charge in [-0.25, -0.2) is 0 Å². The van der Waals surface area contributed by atoms with Crippen molar-refractivity contribution in [3.05, 3.63) is 0 Å². The SMILES string of the molecule is CC(=O)NCCCO[C@@H]1OC(CO)[C@@H](O[C@@H]2OC(CO)[C@H](O)C(O[C@@H]3OC(CO)[C@@H](O)C(O[C@@H]4OC(CO)[C@H](O)C(O)[C@@H]4OC(C)(O)[C@@H](O)[C@H](O)C(C)O)[C@@H]3N)[C@@H]2O)C(O)[C@@H]1N. The van der Waals surface area contributed by atoms with Crippen molar-refractivity contribution in [2.75, 3.05) is 39.6 Å². The Bertz CT molecular complexity index is 1360. The van der Waals surface area contributed by atoms with Gasteiger partial charge in [0.25, 0.3) is 0 Å². The molecule has 19 N–H and O–H groups in total. The number of nitrogens with one attached hydrogen (secondary N) is 1. The lowest BCUT2D eigenvalue weighted by molar-refractivity contribution is -0.391. The summed E-state index contributed by atoms with van der Waals surface area (Å²) in [7, 11) is 0. The maximum absolute atomic E-state index is 11.5. The molecule has 364 valence electrons. The highest BCUT2D eigenvalue weighted by Crippen LogP contribution is 2.35. The Morgan fingerprint density at radius 1 is 0.645 bits per heavy atom. The normalized spacial score (nSPS) is 44.2. The Kier molecular flexibility index (Phi) is 19.9. The van der Waals surface area contributed by atoms with Gasteiger partial charge >= 0.3 is 0 Å². The number of aliphatic hydroxyl groups excluding tert-OH is 13. The average molecular weight is 912 g/mol. The highest BCUT2D eigenvalue weighted by Gasteiger charge is 2.56.